The molecule has 6 nitrogen and oxygen atoms in total. The second-order valence-corrected chi connectivity index (χ2v) is 19.5. The Morgan fingerprint density at radius 3 is 1.03 bits per heavy atom. The van der Waals surface area contributed by atoms with Crippen LogP contribution in [0.15, 0.2) is 85.1 Å². The highest BCUT2D eigenvalue weighted by Crippen LogP contribution is 2.16. The number of hydrogen-bond donors (Lipinski definition) is 0. The third-order valence-corrected chi connectivity index (χ3v) is 12.7. The van der Waals surface area contributed by atoms with Crippen molar-refractivity contribution < 1.29 is 28.6 Å². The van der Waals surface area contributed by atoms with Crippen molar-refractivity contribution in [2.75, 3.05) is 13.2 Å². The Hall–Kier alpha value is -3.41. The number of rotatable bonds is 53. The highest BCUT2D eigenvalue weighted by Gasteiger charge is 2.19. The van der Waals surface area contributed by atoms with E-state index in [4.69, 9.17) is 14.2 Å². The molecule has 0 saturated heterocycles. The summed E-state index contributed by atoms with van der Waals surface area (Å²) in [5, 5.41) is 0. The van der Waals surface area contributed by atoms with E-state index in [2.05, 4.69) is 93.7 Å². The molecule has 402 valence electrons. The average molecular weight is 976 g/mol. The van der Waals surface area contributed by atoms with Crippen LogP contribution in [0.4, 0.5) is 0 Å². The summed E-state index contributed by atoms with van der Waals surface area (Å²) in [6, 6.07) is 0. The van der Waals surface area contributed by atoms with E-state index >= 15 is 0 Å². The zero-order valence-corrected chi connectivity index (χ0v) is 46.0. The van der Waals surface area contributed by atoms with Gasteiger partial charge in [-0.15, -0.1) is 0 Å². The molecule has 6 heteroatoms. The summed E-state index contributed by atoms with van der Waals surface area (Å²) in [5.74, 6) is -1.04. The van der Waals surface area contributed by atoms with Gasteiger partial charge in [0.2, 0.25) is 0 Å². The van der Waals surface area contributed by atoms with Crippen molar-refractivity contribution in [1.82, 2.24) is 0 Å². The monoisotopic (exact) mass is 975 g/mol. The Labute approximate surface area is 433 Å². The molecule has 0 aliphatic heterocycles. The third kappa shape index (κ3) is 55.5. The van der Waals surface area contributed by atoms with Crippen molar-refractivity contribution in [2.45, 2.75) is 290 Å². The molecule has 0 aromatic rings. The summed E-state index contributed by atoms with van der Waals surface area (Å²) in [7, 11) is 0. The molecular weight excluding hydrogens is 865 g/mol. The lowest BCUT2D eigenvalue weighted by molar-refractivity contribution is -0.166. The topological polar surface area (TPSA) is 78.9 Å². The molecule has 1 atom stereocenters. The number of ether oxygens (including phenoxy) is 3. The normalized spacial score (nSPS) is 12.7. The smallest absolute Gasteiger partial charge is 0.309 e. The van der Waals surface area contributed by atoms with E-state index in [0.717, 1.165) is 83.5 Å². The van der Waals surface area contributed by atoms with Crippen LogP contribution >= 0.6 is 0 Å². The summed E-state index contributed by atoms with van der Waals surface area (Å²) in [6.07, 6.45) is 76.0. The van der Waals surface area contributed by atoms with Gasteiger partial charge in [0, 0.05) is 12.8 Å². The second-order valence-electron chi connectivity index (χ2n) is 19.5. The molecule has 0 aromatic carbocycles. The highest BCUT2D eigenvalue weighted by molar-refractivity contribution is 5.72. The SMILES string of the molecule is CC/C=C\C/C=C\C/C=C\C/C=C\C/C=C\CC(=O)OCC(COC(=O)CCCCCCCCCCCCCCCCCCCCCC)OC(=O)CCCCCCCCC/C=C\C/C=C\CCCCC. The summed E-state index contributed by atoms with van der Waals surface area (Å²) < 4.78 is 16.8. The van der Waals surface area contributed by atoms with Crippen molar-refractivity contribution in [3.05, 3.63) is 85.1 Å². The van der Waals surface area contributed by atoms with E-state index in [9.17, 15) is 14.4 Å². The zero-order chi connectivity index (χ0) is 50.7. The largest absolute Gasteiger partial charge is 0.462 e. The highest BCUT2D eigenvalue weighted by atomic mass is 16.6. The maximum atomic E-state index is 12.9. The molecule has 0 aromatic heterocycles. The summed E-state index contributed by atoms with van der Waals surface area (Å²) in [4.78, 5) is 38.1. The Morgan fingerprint density at radius 1 is 0.314 bits per heavy atom. The molecule has 0 heterocycles. The zero-order valence-electron chi connectivity index (χ0n) is 46.0. The number of carbonyl (C=O) groups is 3. The van der Waals surface area contributed by atoms with E-state index in [1.807, 2.05) is 6.08 Å². The molecule has 0 amide bonds. The fourth-order valence-electron chi connectivity index (χ4n) is 8.25. The molecule has 1 unspecified atom stereocenters. The van der Waals surface area contributed by atoms with Gasteiger partial charge in [0.1, 0.15) is 13.2 Å². The summed E-state index contributed by atoms with van der Waals surface area (Å²) in [6.45, 7) is 6.43. The molecule has 0 radical (unpaired) electrons. The van der Waals surface area contributed by atoms with Gasteiger partial charge in [-0.1, -0.05) is 273 Å². The van der Waals surface area contributed by atoms with E-state index in [0.29, 0.717) is 12.8 Å². The Morgan fingerprint density at radius 2 is 0.614 bits per heavy atom. The number of esters is 3. The molecule has 0 aliphatic rings. The van der Waals surface area contributed by atoms with Gasteiger partial charge in [-0.3, -0.25) is 14.4 Å². The molecule has 0 N–H and O–H groups in total. The predicted octanol–water partition coefficient (Wildman–Crippen LogP) is 19.9. The third-order valence-electron chi connectivity index (χ3n) is 12.7. The van der Waals surface area contributed by atoms with E-state index in [1.54, 1.807) is 6.08 Å². The van der Waals surface area contributed by atoms with Crippen LogP contribution in [0.25, 0.3) is 0 Å². The lowest BCUT2D eigenvalue weighted by Crippen LogP contribution is -2.30. The minimum atomic E-state index is -0.820. The first-order chi connectivity index (χ1) is 34.5. The Balaban J connectivity index is 4.44. The standard InChI is InChI=1S/C64H110O6/c1-4-7-10-13-16-19-22-25-28-30-31-32-34-36-39-42-45-48-51-54-57-63(66)69-60-61(59-68-62(65)56-53-50-47-44-41-38-35-27-24-21-18-15-12-9-6-3)70-64(67)58-55-52-49-46-43-40-37-33-29-26-23-20-17-14-11-8-5-2/h9,12,17-18,20-21,26-27,29,35,41,44,50,53,61H,4-8,10-11,13-16,19,22-25,28,30-34,36-40,42-43,45-49,51-52,54-60H2,1-3H3/b12-9-,20-17-,21-18-,29-26-,35-27-,44-41-,53-50-. The van der Waals surface area contributed by atoms with Crippen LogP contribution in [0, 0.1) is 0 Å². The first kappa shape index (κ1) is 66.6. The van der Waals surface area contributed by atoms with Gasteiger partial charge < -0.3 is 14.2 Å². The number of allylic oxidation sites excluding steroid dienone is 13. The van der Waals surface area contributed by atoms with Gasteiger partial charge >= 0.3 is 17.9 Å². The van der Waals surface area contributed by atoms with E-state index in [1.165, 1.54) is 161 Å². The van der Waals surface area contributed by atoms with Crippen molar-refractivity contribution in [2.24, 2.45) is 0 Å². The number of carbonyl (C=O) groups excluding carboxylic acids is 3. The lowest BCUT2D eigenvalue weighted by atomic mass is 10.0. The van der Waals surface area contributed by atoms with Gasteiger partial charge in [0.15, 0.2) is 6.10 Å². The molecular formula is C64H110O6. The average Bonchev–Trinajstić information content (AvgIpc) is 3.36. The Bertz CT molecular complexity index is 1350. The summed E-state index contributed by atoms with van der Waals surface area (Å²) >= 11 is 0. The Kier molecular flexibility index (Phi) is 55.3. The van der Waals surface area contributed by atoms with Crippen molar-refractivity contribution in [3.8, 4) is 0 Å². The minimum absolute atomic E-state index is 0.107. The lowest BCUT2D eigenvalue weighted by Gasteiger charge is -2.18. The first-order valence-electron chi connectivity index (χ1n) is 29.6. The van der Waals surface area contributed by atoms with Gasteiger partial charge in [0.05, 0.1) is 6.42 Å². The van der Waals surface area contributed by atoms with Crippen LogP contribution in [0.3, 0.4) is 0 Å². The molecule has 0 bridgehead atoms. The van der Waals surface area contributed by atoms with Crippen LogP contribution in [-0.2, 0) is 28.6 Å². The fourth-order valence-corrected chi connectivity index (χ4v) is 8.25. The summed E-state index contributed by atoms with van der Waals surface area (Å²) in [5.41, 5.74) is 0. The second kappa shape index (κ2) is 58.2. The first-order valence-corrected chi connectivity index (χ1v) is 29.6. The predicted molar refractivity (Wildman–Crippen MR) is 302 cm³/mol. The van der Waals surface area contributed by atoms with Gasteiger partial charge in [0.25, 0.3) is 0 Å². The van der Waals surface area contributed by atoms with Gasteiger partial charge in [-0.25, -0.2) is 0 Å². The van der Waals surface area contributed by atoms with E-state index in [-0.39, 0.29) is 31.6 Å². The molecule has 70 heavy (non-hydrogen) atoms. The fraction of sp³-hybridized carbons (Fsp3) is 0.734. The molecule has 0 saturated carbocycles. The van der Waals surface area contributed by atoms with Crippen molar-refractivity contribution in [3.63, 3.8) is 0 Å². The van der Waals surface area contributed by atoms with Crippen LogP contribution in [0.5, 0.6) is 0 Å². The molecule has 0 fully saturated rings. The minimum Gasteiger partial charge on any atom is -0.462 e. The van der Waals surface area contributed by atoms with Gasteiger partial charge in [-0.2, -0.15) is 0 Å². The van der Waals surface area contributed by atoms with E-state index < -0.39 is 12.1 Å². The van der Waals surface area contributed by atoms with Crippen LogP contribution in [0.2, 0.25) is 0 Å². The van der Waals surface area contributed by atoms with Crippen molar-refractivity contribution in [1.29, 1.82) is 0 Å². The maximum Gasteiger partial charge on any atom is 0.309 e. The van der Waals surface area contributed by atoms with Crippen molar-refractivity contribution >= 4 is 17.9 Å². The van der Waals surface area contributed by atoms with Crippen LogP contribution < -0.4 is 0 Å². The quantitative estimate of drug-likeness (QED) is 0.0261. The van der Waals surface area contributed by atoms with Crippen LogP contribution in [0.1, 0.15) is 284 Å². The molecule has 0 aliphatic carbocycles. The molecule has 0 spiro atoms. The number of hydrogen-bond acceptors (Lipinski definition) is 6. The van der Waals surface area contributed by atoms with Gasteiger partial charge in [-0.05, 0) is 77.0 Å². The molecule has 0 rings (SSSR count). The number of unbranched alkanes of at least 4 members (excludes halogenated alkanes) is 29. The van der Waals surface area contributed by atoms with Crippen LogP contribution in [-0.4, -0.2) is 37.2 Å². The maximum absolute atomic E-state index is 12.9.